The maximum Gasteiger partial charge on any atom is 0.416 e. The second-order valence-corrected chi connectivity index (χ2v) is 8.97. The highest BCUT2D eigenvalue weighted by molar-refractivity contribution is 5.82. The van der Waals surface area contributed by atoms with Gasteiger partial charge >= 0.3 is 6.18 Å². The third kappa shape index (κ3) is 5.08. The molecule has 0 unspecified atom stereocenters. The molecule has 0 amide bonds. The van der Waals surface area contributed by atoms with Crippen LogP contribution in [-0.4, -0.2) is 4.98 Å². The zero-order chi connectivity index (χ0) is 22.7. The van der Waals surface area contributed by atoms with Crippen LogP contribution in [0.1, 0.15) is 60.1 Å². The molecule has 3 aromatic rings. The fraction of sp³-hybridized carbons (Fsp3) is 0.407. The molecule has 1 aliphatic rings. The number of fused-ring (bicyclic) bond motifs is 1. The second-order valence-electron chi connectivity index (χ2n) is 8.97. The Kier molecular flexibility index (Phi) is 6.73. The van der Waals surface area contributed by atoms with Crippen molar-refractivity contribution in [3.63, 3.8) is 0 Å². The van der Waals surface area contributed by atoms with Gasteiger partial charge in [0.05, 0.1) is 11.3 Å². The van der Waals surface area contributed by atoms with Gasteiger partial charge in [-0.1, -0.05) is 50.0 Å². The van der Waals surface area contributed by atoms with E-state index >= 15 is 0 Å². The number of hydrogen-bond acceptors (Lipinski definition) is 0. The maximum absolute atomic E-state index is 14.7. The zero-order valence-electron chi connectivity index (χ0n) is 18.2. The van der Waals surface area contributed by atoms with Gasteiger partial charge in [0, 0.05) is 10.9 Å². The summed E-state index contributed by atoms with van der Waals surface area (Å²) in [6, 6.07) is 10.4. The minimum atomic E-state index is -4.35. The van der Waals surface area contributed by atoms with Gasteiger partial charge in [-0.05, 0) is 72.9 Å². The van der Waals surface area contributed by atoms with Gasteiger partial charge in [0.1, 0.15) is 0 Å². The number of hydrogen-bond donors (Lipinski definition) is 1. The van der Waals surface area contributed by atoms with E-state index < -0.39 is 11.7 Å². The quantitative estimate of drug-likeness (QED) is 0.268. The van der Waals surface area contributed by atoms with E-state index in [1.165, 1.54) is 6.07 Å². The predicted octanol–water partition coefficient (Wildman–Crippen LogP) is 7.96. The molecule has 1 heterocycles. The van der Waals surface area contributed by atoms with Crippen LogP contribution in [0.4, 0.5) is 17.6 Å². The topological polar surface area (TPSA) is 15.8 Å². The summed E-state index contributed by atoms with van der Waals surface area (Å²) >= 11 is 0. The number of halogens is 4. The molecule has 0 radical (unpaired) electrons. The number of aromatic nitrogens is 1. The summed E-state index contributed by atoms with van der Waals surface area (Å²) in [5.41, 5.74) is 2.78. The lowest BCUT2D eigenvalue weighted by Crippen LogP contribution is -2.12. The van der Waals surface area contributed by atoms with Crippen molar-refractivity contribution in [2.24, 2.45) is 5.92 Å². The highest BCUT2D eigenvalue weighted by atomic mass is 19.4. The Hall–Kier alpha value is -2.56. The molecule has 0 spiro atoms. The first-order valence-corrected chi connectivity index (χ1v) is 11.4. The number of nitrogens with one attached hydrogen (secondary N) is 1. The molecule has 0 aliphatic heterocycles. The van der Waals surface area contributed by atoms with Crippen molar-refractivity contribution in [3.8, 4) is 0 Å². The van der Waals surface area contributed by atoms with Crippen molar-refractivity contribution < 1.29 is 17.6 Å². The van der Waals surface area contributed by atoms with Gasteiger partial charge in [-0.2, -0.15) is 13.2 Å². The normalized spacial score (nSPS) is 15.0. The van der Waals surface area contributed by atoms with Gasteiger partial charge in [-0.25, -0.2) is 4.39 Å². The summed E-state index contributed by atoms with van der Waals surface area (Å²) < 4.78 is 55.9. The minimum absolute atomic E-state index is 0.251. The van der Waals surface area contributed by atoms with Crippen LogP contribution in [0.3, 0.4) is 0 Å². The number of aromatic amines is 1. The van der Waals surface area contributed by atoms with Crippen molar-refractivity contribution in [2.45, 2.75) is 64.0 Å². The largest absolute Gasteiger partial charge is 0.416 e. The molecule has 170 valence electrons. The lowest BCUT2D eigenvalue weighted by atomic mass is 9.92. The summed E-state index contributed by atoms with van der Waals surface area (Å²) in [6.07, 6.45) is 4.48. The van der Waals surface area contributed by atoms with Crippen LogP contribution in [0.5, 0.6) is 0 Å². The summed E-state index contributed by atoms with van der Waals surface area (Å²) in [5, 5.41) is 0.532. The van der Waals surface area contributed by atoms with Crippen LogP contribution in [0.25, 0.3) is 10.9 Å². The molecule has 4 rings (SSSR count). The zero-order valence-corrected chi connectivity index (χ0v) is 18.2. The van der Waals surface area contributed by atoms with Crippen molar-refractivity contribution in [3.05, 3.63) is 82.8 Å². The van der Waals surface area contributed by atoms with Crippen LogP contribution in [0.2, 0.25) is 0 Å². The first kappa shape index (κ1) is 22.6. The molecule has 5 heteroatoms. The van der Waals surface area contributed by atoms with Crippen LogP contribution < -0.4 is 0 Å². The third-order valence-electron chi connectivity index (χ3n) is 6.63. The Labute approximate surface area is 186 Å². The fourth-order valence-electron chi connectivity index (χ4n) is 4.87. The summed E-state index contributed by atoms with van der Waals surface area (Å²) in [5.74, 6) is 0.112. The van der Waals surface area contributed by atoms with Crippen molar-refractivity contribution in [1.82, 2.24) is 4.98 Å². The Morgan fingerprint density at radius 2 is 1.66 bits per heavy atom. The number of alkyl halides is 3. The van der Waals surface area contributed by atoms with Gasteiger partial charge in [0.25, 0.3) is 0 Å². The number of H-pyrrole nitrogens is 1. The Morgan fingerprint density at radius 3 is 2.34 bits per heavy atom. The number of aryl methyl sites for hydroxylation is 3. The Balaban J connectivity index is 1.50. The molecular weight excluding hydrogens is 414 g/mol. The highest BCUT2D eigenvalue weighted by Gasteiger charge is 2.34. The molecule has 0 atom stereocenters. The van der Waals surface area contributed by atoms with E-state index in [1.807, 2.05) is 18.2 Å². The predicted molar refractivity (Wildman–Crippen MR) is 121 cm³/mol. The van der Waals surface area contributed by atoms with Gasteiger partial charge in [-0.3, -0.25) is 0 Å². The molecule has 0 saturated heterocycles. The average molecular weight is 444 g/mol. The number of benzene rings is 2. The molecule has 1 aromatic heterocycles. The average Bonchev–Trinajstić information content (AvgIpc) is 3.38. The van der Waals surface area contributed by atoms with E-state index in [9.17, 15) is 17.6 Å². The van der Waals surface area contributed by atoms with Crippen LogP contribution in [-0.2, 0) is 31.9 Å². The van der Waals surface area contributed by atoms with Gasteiger partial charge in [0.15, 0.2) is 5.82 Å². The number of rotatable bonds is 8. The van der Waals surface area contributed by atoms with E-state index in [2.05, 4.69) is 11.6 Å². The Bertz CT molecular complexity index is 1090. The standard InChI is InChI=1S/C27H29F4N/c1-2-3-8-25-26(28)22-16-19(12-14-24(22)32-25)9-10-20-11-13-21(15-18-6-4-5-7-18)23(17-20)27(29,30)31/h2,11-14,16-18,32H,1,3-10,15H2. The molecule has 2 aromatic carbocycles. The summed E-state index contributed by atoms with van der Waals surface area (Å²) in [6.45, 7) is 3.67. The van der Waals surface area contributed by atoms with Crippen molar-refractivity contribution >= 4 is 10.9 Å². The summed E-state index contributed by atoms with van der Waals surface area (Å²) in [4.78, 5) is 3.11. The number of allylic oxidation sites excluding steroid dienone is 1. The molecule has 32 heavy (non-hydrogen) atoms. The maximum atomic E-state index is 14.7. The van der Waals surface area contributed by atoms with E-state index in [1.54, 1.807) is 18.2 Å². The molecule has 0 bridgehead atoms. The lowest BCUT2D eigenvalue weighted by Gasteiger charge is -2.17. The van der Waals surface area contributed by atoms with Crippen LogP contribution in [0, 0.1) is 11.7 Å². The van der Waals surface area contributed by atoms with E-state index in [0.29, 0.717) is 60.2 Å². The SMILES string of the molecule is C=CCCc1[nH]c2ccc(CCc3ccc(CC4CCCC4)c(C(F)(F)F)c3)cc2c1F. The van der Waals surface area contributed by atoms with Crippen LogP contribution in [0.15, 0.2) is 49.1 Å². The highest BCUT2D eigenvalue weighted by Crippen LogP contribution is 2.36. The first-order chi connectivity index (χ1) is 15.3. The third-order valence-corrected chi connectivity index (χ3v) is 6.63. The van der Waals surface area contributed by atoms with E-state index in [0.717, 1.165) is 36.8 Å². The van der Waals surface area contributed by atoms with Crippen molar-refractivity contribution in [2.75, 3.05) is 0 Å². The first-order valence-electron chi connectivity index (χ1n) is 11.4. The lowest BCUT2D eigenvalue weighted by molar-refractivity contribution is -0.138. The molecule has 1 N–H and O–H groups in total. The van der Waals surface area contributed by atoms with Gasteiger partial charge in [-0.15, -0.1) is 6.58 Å². The monoisotopic (exact) mass is 443 g/mol. The molecular formula is C27H29F4N. The van der Waals surface area contributed by atoms with Crippen LogP contribution >= 0.6 is 0 Å². The molecule has 1 saturated carbocycles. The fourth-order valence-corrected chi connectivity index (χ4v) is 4.87. The molecule has 1 fully saturated rings. The molecule has 1 aliphatic carbocycles. The second kappa shape index (κ2) is 9.51. The smallest absolute Gasteiger partial charge is 0.356 e. The molecule has 1 nitrogen and oxygen atoms in total. The van der Waals surface area contributed by atoms with Gasteiger partial charge < -0.3 is 4.98 Å². The van der Waals surface area contributed by atoms with Crippen molar-refractivity contribution in [1.29, 1.82) is 0 Å². The Morgan fingerprint density at radius 1 is 0.969 bits per heavy atom. The van der Waals surface area contributed by atoms with Gasteiger partial charge in [0.2, 0.25) is 0 Å². The summed E-state index contributed by atoms with van der Waals surface area (Å²) in [7, 11) is 0. The van der Waals surface area contributed by atoms with E-state index in [4.69, 9.17) is 0 Å². The minimum Gasteiger partial charge on any atom is -0.356 e. The van der Waals surface area contributed by atoms with E-state index in [-0.39, 0.29) is 5.82 Å².